The fourth-order valence-electron chi connectivity index (χ4n) is 2.37. The van der Waals surface area contributed by atoms with Crippen molar-refractivity contribution in [2.24, 2.45) is 0 Å². The van der Waals surface area contributed by atoms with Crippen LogP contribution in [0.5, 0.6) is 0 Å². The normalized spacial score (nSPS) is 28.4. The van der Waals surface area contributed by atoms with Crippen molar-refractivity contribution in [2.45, 2.75) is 24.7 Å². The second-order valence-electron chi connectivity index (χ2n) is 4.51. The number of rotatable bonds is 4. The van der Waals surface area contributed by atoms with E-state index in [0.29, 0.717) is 6.54 Å². The summed E-state index contributed by atoms with van der Waals surface area (Å²) in [5, 5.41) is 29.9. The third kappa shape index (κ3) is 2.50. The third-order valence-corrected chi connectivity index (χ3v) is 3.37. The van der Waals surface area contributed by atoms with Crippen LogP contribution in [-0.4, -0.2) is 51.4 Å². The molecule has 0 aromatic heterocycles. The van der Waals surface area contributed by atoms with E-state index in [4.69, 9.17) is 0 Å². The van der Waals surface area contributed by atoms with Gasteiger partial charge in [0.1, 0.15) is 6.10 Å². The lowest BCUT2D eigenvalue weighted by Crippen LogP contribution is -2.39. The van der Waals surface area contributed by atoms with Gasteiger partial charge in [0.2, 0.25) is 0 Å². The van der Waals surface area contributed by atoms with Crippen LogP contribution in [0.25, 0.3) is 0 Å². The first-order valence-electron chi connectivity index (χ1n) is 5.84. The Balaban J connectivity index is 2.10. The summed E-state index contributed by atoms with van der Waals surface area (Å²) in [7, 11) is 0. The highest BCUT2D eigenvalue weighted by Gasteiger charge is 2.47. The van der Waals surface area contributed by atoms with Crippen molar-refractivity contribution in [3.8, 4) is 0 Å². The quantitative estimate of drug-likeness (QED) is 0.576. The van der Waals surface area contributed by atoms with Gasteiger partial charge in [0, 0.05) is 11.5 Å². The van der Waals surface area contributed by atoms with Gasteiger partial charge in [-0.2, -0.15) is 0 Å². The molecule has 0 bridgehead atoms. The maximum absolute atomic E-state index is 10.8. The highest BCUT2D eigenvalue weighted by atomic mass is 16.6. The lowest BCUT2D eigenvalue weighted by Gasteiger charge is -2.22. The molecule has 2 N–H and O–H groups in total. The minimum Gasteiger partial charge on any atom is -0.395 e. The van der Waals surface area contributed by atoms with Crippen LogP contribution in [0.2, 0.25) is 0 Å². The molecule has 0 spiro atoms. The summed E-state index contributed by atoms with van der Waals surface area (Å²) in [6.07, 6.45) is -1.12. The Kier molecular flexibility index (Phi) is 3.90. The number of aliphatic hydroxyl groups is 2. The van der Waals surface area contributed by atoms with Crippen LogP contribution >= 0.6 is 0 Å². The first-order chi connectivity index (χ1) is 8.63. The minimum atomic E-state index is -1.12. The van der Waals surface area contributed by atoms with Gasteiger partial charge in [0.25, 0.3) is 6.04 Å². The second kappa shape index (κ2) is 5.43. The maximum atomic E-state index is 10.8. The predicted octanol–water partition coefficient (Wildman–Crippen LogP) is -0.131. The minimum absolute atomic E-state index is 0.161. The number of likely N-dealkylation sites (tertiary alicyclic amines) is 1. The molecule has 0 radical (unpaired) electrons. The molecule has 1 aliphatic heterocycles. The van der Waals surface area contributed by atoms with E-state index in [2.05, 4.69) is 0 Å². The molecule has 18 heavy (non-hydrogen) atoms. The smallest absolute Gasteiger partial charge is 0.252 e. The molecule has 0 aliphatic carbocycles. The molecule has 98 valence electrons. The molecular formula is C12H16N2O4. The van der Waals surface area contributed by atoms with Gasteiger partial charge in [0.15, 0.2) is 0 Å². The lowest BCUT2D eigenvalue weighted by molar-refractivity contribution is -0.528. The summed E-state index contributed by atoms with van der Waals surface area (Å²) < 4.78 is 0. The van der Waals surface area contributed by atoms with Gasteiger partial charge in [-0.3, -0.25) is 15.0 Å². The van der Waals surface area contributed by atoms with Crippen molar-refractivity contribution >= 4 is 0 Å². The Morgan fingerprint density at radius 2 is 2.06 bits per heavy atom. The predicted molar refractivity (Wildman–Crippen MR) is 64.5 cm³/mol. The molecule has 0 unspecified atom stereocenters. The van der Waals surface area contributed by atoms with Crippen molar-refractivity contribution in [3.63, 3.8) is 0 Å². The molecule has 6 heteroatoms. The van der Waals surface area contributed by atoms with Crippen molar-refractivity contribution in [2.75, 3.05) is 13.2 Å². The Hall–Kier alpha value is -1.50. The zero-order valence-electron chi connectivity index (χ0n) is 9.85. The summed E-state index contributed by atoms with van der Waals surface area (Å²) in [5.41, 5.74) is 1.01. The van der Waals surface area contributed by atoms with Gasteiger partial charge >= 0.3 is 0 Å². The Labute approximate surface area is 105 Å². The summed E-state index contributed by atoms with van der Waals surface area (Å²) in [4.78, 5) is 12.1. The monoisotopic (exact) mass is 252 g/mol. The van der Waals surface area contributed by atoms with Crippen LogP contribution < -0.4 is 0 Å². The number of nitro groups is 1. The number of hydrogen-bond acceptors (Lipinski definition) is 5. The van der Waals surface area contributed by atoms with E-state index in [1.807, 2.05) is 30.3 Å². The summed E-state index contributed by atoms with van der Waals surface area (Å²) in [6.45, 7) is 0.375. The molecule has 3 atom stereocenters. The average Bonchev–Trinajstić information content (AvgIpc) is 2.67. The number of nitrogens with zero attached hydrogens (tertiary/aromatic N) is 2. The van der Waals surface area contributed by atoms with Gasteiger partial charge in [-0.25, -0.2) is 0 Å². The fourth-order valence-corrected chi connectivity index (χ4v) is 2.37. The van der Waals surface area contributed by atoms with E-state index in [0.717, 1.165) is 5.56 Å². The SMILES string of the molecule is O=[N+]([O-])[C@@H]1CN(Cc2ccccc2)[C@H](CO)[C@H]1O. The largest absolute Gasteiger partial charge is 0.395 e. The van der Waals surface area contributed by atoms with Gasteiger partial charge in [-0.15, -0.1) is 0 Å². The summed E-state index contributed by atoms with van der Waals surface area (Å²) in [6, 6.07) is 7.92. The topological polar surface area (TPSA) is 86.8 Å². The van der Waals surface area contributed by atoms with E-state index in [9.17, 15) is 20.3 Å². The molecule has 6 nitrogen and oxygen atoms in total. The molecule has 1 heterocycles. The van der Waals surface area contributed by atoms with E-state index < -0.39 is 23.1 Å². The Morgan fingerprint density at radius 1 is 1.39 bits per heavy atom. The van der Waals surface area contributed by atoms with E-state index >= 15 is 0 Å². The van der Waals surface area contributed by atoms with Crippen LogP contribution in [0.3, 0.4) is 0 Å². The highest BCUT2D eigenvalue weighted by Crippen LogP contribution is 2.22. The summed E-state index contributed by atoms with van der Waals surface area (Å²) in [5.74, 6) is 0. The third-order valence-electron chi connectivity index (χ3n) is 3.37. The van der Waals surface area contributed by atoms with Crippen molar-refractivity contribution < 1.29 is 15.1 Å². The molecule has 1 aromatic carbocycles. The zero-order valence-corrected chi connectivity index (χ0v) is 9.85. The van der Waals surface area contributed by atoms with Gasteiger partial charge in [-0.05, 0) is 5.56 Å². The molecule has 0 saturated carbocycles. The molecular weight excluding hydrogens is 236 g/mol. The molecule has 2 rings (SSSR count). The van der Waals surface area contributed by atoms with E-state index in [-0.39, 0.29) is 13.2 Å². The first-order valence-corrected chi connectivity index (χ1v) is 5.84. The summed E-state index contributed by atoms with van der Waals surface area (Å²) >= 11 is 0. The standard InChI is InChI=1S/C12H16N2O4/c15-8-11-12(16)10(14(17)18)7-13(11)6-9-4-2-1-3-5-9/h1-5,10-12,15-16H,6-8H2/t10-,11-,12+/m1/s1. The van der Waals surface area contributed by atoms with Gasteiger partial charge in [-0.1, -0.05) is 30.3 Å². The van der Waals surface area contributed by atoms with Crippen molar-refractivity contribution in [1.29, 1.82) is 0 Å². The van der Waals surface area contributed by atoms with Crippen LogP contribution in [0.1, 0.15) is 5.56 Å². The van der Waals surface area contributed by atoms with E-state index in [1.54, 1.807) is 4.90 Å². The molecule has 0 amide bonds. The number of aliphatic hydroxyl groups excluding tert-OH is 2. The van der Waals surface area contributed by atoms with Crippen molar-refractivity contribution in [1.82, 2.24) is 4.90 Å². The van der Waals surface area contributed by atoms with E-state index in [1.165, 1.54) is 0 Å². The van der Waals surface area contributed by atoms with Crippen LogP contribution in [0, 0.1) is 10.1 Å². The first kappa shape index (κ1) is 12.9. The Morgan fingerprint density at radius 3 is 2.61 bits per heavy atom. The Bertz CT molecular complexity index is 412. The lowest BCUT2D eigenvalue weighted by atomic mass is 10.1. The molecule has 1 aliphatic rings. The second-order valence-corrected chi connectivity index (χ2v) is 4.51. The number of benzene rings is 1. The molecule has 1 aromatic rings. The molecule has 1 saturated heterocycles. The van der Waals surface area contributed by atoms with Gasteiger partial charge in [0.05, 0.1) is 19.2 Å². The maximum Gasteiger partial charge on any atom is 0.252 e. The van der Waals surface area contributed by atoms with Crippen LogP contribution in [0.15, 0.2) is 30.3 Å². The van der Waals surface area contributed by atoms with Gasteiger partial charge < -0.3 is 10.2 Å². The highest BCUT2D eigenvalue weighted by molar-refractivity contribution is 5.15. The molecule has 1 fully saturated rings. The zero-order chi connectivity index (χ0) is 13.1. The van der Waals surface area contributed by atoms with Crippen molar-refractivity contribution in [3.05, 3.63) is 46.0 Å². The van der Waals surface area contributed by atoms with Crippen LogP contribution in [-0.2, 0) is 6.54 Å². The van der Waals surface area contributed by atoms with Crippen LogP contribution in [0.4, 0.5) is 0 Å². The fraction of sp³-hybridized carbons (Fsp3) is 0.500. The average molecular weight is 252 g/mol. The number of hydrogen-bond donors (Lipinski definition) is 2.